The summed E-state index contributed by atoms with van der Waals surface area (Å²) in [5.41, 5.74) is 0. The molecule has 4 nitrogen and oxygen atoms in total. The van der Waals surface area contributed by atoms with Gasteiger partial charge in [0.05, 0.1) is 12.7 Å². The molecule has 2 saturated heterocycles. The average molecular weight is 256 g/mol. The molecule has 0 aromatic rings. The number of nitrogens with zero attached hydrogens (tertiary/aromatic N) is 1. The summed E-state index contributed by atoms with van der Waals surface area (Å²) in [4.78, 5) is 2.60. The fraction of sp³-hybridized carbons (Fsp3) is 1.00. The topological polar surface area (TPSA) is 33.7 Å². The Hall–Kier alpha value is -0.160. The van der Waals surface area contributed by atoms with E-state index in [9.17, 15) is 0 Å². The van der Waals surface area contributed by atoms with Crippen molar-refractivity contribution in [2.24, 2.45) is 5.92 Å². The van der Waals surface area contributed by atoms with E-state index in [2.05, 4.69) is 10.2 Å². The van der Waals surface area contributed by atoms with Crippen molar-refractivity contribution in [2.75, 3.05) is 53.0 Å². The number of methoxy groups -OCH3 is 1. The summed E-state index contributed by atoms with van der Waals surface area (Å²) in [6.45, 7) is 7.53. The third-order valence-corrected chi connectivity index (χ3v) is 4.00. The molecule has 0 radical (unpaired) electrons. The maximum Gasteiger partial charge on any atom is 0.0702 e. The summed E-state index contributed by atoms with van der Waals surface area (Å²) in [6, 6.07) is 0. The van der Waals surface area contributed by atoms with Gasteiger partial charge < -0.3 is 19.7 Å². The van der Waals surface area contributed by atoms with Crippen LogP contribution in [0.1, 0.15) is 25.7 Å². The lowest BCUT2D eigenvalue weighted by Gasteiger charge is -2.34. The first-order valence-electron chi connectivity index (χ1n) is 7.42. The second-order valence-electron chi connectivity index (χ2n) is 5.60. The molecule has 1 N–H and O–H groups in total. The monoisotopic (exact) mass is 256 g/mol. The summed E-state index contributed by atoms with van der Waals surface area (Å²) >= 11 is 0. The molecule has 0 spiro atoms. The fourth-order valence-corrected chi connectivity index (χ4v) is 3.04. The molecule has 18 heavy (non-hydrogen) atoms. The highest BCUT2D eigenvalue weighted by Crippen LogP contribution is 2.19. The van der Waals surface area contributed by atoms with Crippen molar-refractivity contribution in [1.29, 1.82) is 0 Å². The Morgan fingerprint density at radius 1 is 1.33 bits per heavy atom. The van der Waals surface area contributed by atoms with Crippen molar-refractivity contribution >= 4 is 0 Å². The number of likely N-dealkylation sites (tertiary alicyclic amines) is 1. The SMILES string of the molecule is COCCNCC1CCCN(CC2CCCO2)C1. The molecule has 2 aliphatic heterocycles. The van der Waals surface area contributed by atoms with Crippen LogP contribution in [0.15, 0.2) is 0 Å². The summed E-state index contributed by atoms with van der Waals surface area (Å²) in [7, 11) is 1.76. The van der Waals surface area contributed by atoms with Crippen LogP contribution in [-0.2, 0) is 9.47 Å². The lowest BCUT2D eigenvalue weighted by molar-refractivity contribution is 0.0564. The smallest absolute Gasteiger partial charge is 0.0702 e. The van der Waals surface area contributed by atoms with Gasteiger partial charge in [-0.15, -0.1) is 0 Å². The van der Waals surface area contributed by atoms with Gasteiger partial charge in [0.25, 0.3) is 0 Å². The quantitative estimate of drug-likeness (QED) is 0.692. The first kappa shape index (κ1) is 14.3. The highest BCUT2D eigenvalue weighted by molar-refractivity contribution is 4.78. The molecule has 0 aromatic heterocycles. The van der Waals surface area contributed by atoms with Crippen LogP contribution in [-0.4, -0.2) is 64.1 Å². The molecule has 2 heterocycles. The summed E-state index contributed by atoms with van der Waals surface area (Å²) in [5.74, 6) is 0.803. The minimum atomic E-state index is 0.505. The molecule has 2 unspecified atom stereocenters. The van der Waals surface area contributed by atoms with E-state index in [1.807, 2.05) is 0 Å². The second-order valence-corrected chi connectivity index (χ2v) is 5.60. The van der Waals surface area contributed by atoms with E-state index >= 15 is 0 Å². The molecule has 0 saturated carbocycles. The zero-order chi connectivity index (χ0) is 12.6. The van der Waals surface area contributed by atoms with Gasteiger partial charge >= 0.3 is 0 Å². The predicted octanol–water partition coefficient (Wildman–Crippen LogP) is 1.11. The first-order valence-corrected chi connectivity index (χ1v) is 7.42. The Bertz CT molecular complexity index is 220. The Kier molecular flexibility index (Phi) is 6.41. The van der Waals surface area contributed by atoms with Gasteiger partial charge in [-0.3, -0.25) is 0 Å². The summed E-state index contributed by atoms with van der Waals surface area (Å²) < 4.78 is 10.8. The van der Waals surface area contributed by atoms with Crippen molar-refractivity contribution in [3.8, 4) is 0 Å². The zero-order valence-electron chi connectivity index (χ0n) is 11.7. The van der Waals surface area contributed by atoms with E-state index in [1.54, 1.807) is 7.11 Å². The van der Waals surface area contributed by atoms with Crippen molar-refractivity contribution in [3.05, 3.63) is 0 Å². The van der Waals surface area contributed by atoms with E-state index in [0.717, 1.165) is 38.8 Å². The minimum absolute atomic E-state index is 0.505. The summed E-state index contributed by atoms with van der Waals surface area (Å²) in [6.07, 6.45) is 5.71. The Balaban J connectivity index is 1.61. The highest BCUT2D eigenvalue weighted by atomic mass is 16.5. The molecule has 4 heteroatoms. The minimum Gasteiger partial charge on any atom is -0.383 e. The van der Waals surface area contributed by atoms with Crippen molar-refractivity contribution in [3.63, 3.8) is 0 Å². The zero-order valence-corrected chi connectivity index (χ0v) is 11.7. The molecule has 2 atom stereocenters. The molecular weight excluding hydrogens is 228 g/mol. The highest BCUT2D eigenvalue weighted by Gasteiger charge is 2.24. The van der Waals surface area contributed by atoms with Crippen LogP contribution in [0.3, 0.4) is 0 Å². The fourth-order valence-electron chi connectivity index (χ4n) is 3.04. The largest absolute Gasteiger partial charge is 0.383 e. The Morgan fingerprint density at radius 3 is 3.06 bits per heavy atom. The van der Waals surface area contributed by atoms with Crippen LogP contribution in [0.25, 0.3) is 0 Å². The van der Waals surface area contributed by atoms with Gasteiger partial charge in [-0.05, 0) is 44.7 Å². The van der Waals surface area contributed by atoms with Gasteiger partial charge in [0.2, 0.25) is 0 Å². The molecule has 0 aromatic carbocycles. The molecule has 2 aliphatic rings. The van der Waals surface area contributed by atoms with Crippen molar-refractivity contribution in [2.45, 2.75) is 31.8 Å². The van der Waals surface area contributed by atoms with Crippen LogP contribution >= 0.6 is 0 Å². The number of nitrogens with one attached hydrogen (secondary N) is 1. The lowest BCUT2D eigenvalue weighted by atomic mass is 9.97. The third kappa shape index (κ3) is 4.84. The number of hydrogen-bond donors (Lipinski definition) is 1. The van der Waals surface area contributed by atoms with E-state index in [4.69, 9.17) is 9.47 Å². The molecule has 2 rings (SSSR count). The number of piperidine rings is 1. The summed E-state index contributed by atoms with van der Waals surface area (Å²) in [5, 5.41) is 3.49. The average Bonchev–Trinajstić information content (AvgIpc) is 2.88. The lowest BCUT2D eigenvalue weighted by Crippen LogP contribution is -2.43. The van der Waals surface area contributed by atoms with E-state index < -0.39 is 0 Å². The van der Waals surface area contributed by atoms with Crippen LogP contribution in [0, 0.1) is 5.92 Å². The number of hydrogen-bond acceptors (Lipinski definition) is 4. The van der Waals surface area contributed by atoms with Gasteiger partial charge in [0, 0.05) is 33.4 Å². The number of rotatable bonds is 7. The third-order valence-electron chi connectivity index (χ3n) is 4.00. The molecule has 106 valence electrons. The standard InChI is InChI=1S/C14H28N2O2/c1-17-9-6-15-10-13-4-2-7-16(11-13)12-14-5-3-8-18-14/h13-15H,2-12H2,1H3. The molecule has 0 bridgehead atoms. The van der Waals surface area contributed by atoms with Gasteiger partial charge in [0.1, 0.15) is 0 Å². The van der Waals surface area contributed by atoms with Crippen LogP contribution in [0.5, 0.6) is 0 Å². The maximum absolute atomic E-state index is 5.73. The van der Waals surface area contributed by atoms with Crippen LogP contribution in [0.2, 0.25) is 0 Å². The number of ether oxygens (including phenoxy) is 2. The predicted molar refractivity (Wildman–Crippen MR) is 72.9 cm³/mol. The first-order chi connectivity index (χ1) is 8.88. The molecule has 0 amide bonds. The van der Waals surface area contributed by atoms with Gasteiger partial charge in [-0.2, -0.15) is 0 Å². The van der Waals surface area contributed by atoms with Crippen molar-refractivity contribution in [1.82, 2.24) is 10.2 Å². The Labute approximate surface area is 111 Å². The van der Waals surface area contributed by atoms with Gasteiger partial charge in [-0.1, -0.05) is 0 Å². The van der Waals surface area contributed by atoms with Gasteiger partial charge in [-0.25, -0.2) is 0 Å². The molecular formula is C14H28N2O2. The van der Waals surface area contributed by atoms with Gasteiger partial charge in [0.15, 0.2) is 0 Å². The maximum atomic E-state index is 5.73. The Morgan fingerprint density at radius 2 is 2.28 bits per heavy atom. The second kappa shape index (κ2) is 8.10. The van der Waals surface area contributed by atoms with E-state index in [1.165, 1.54) is 38.8 Å². The van der Waals surface area contributed by atoms with E-state index in [0.29, 0.717) is 6.10 Å². The molecule has 0 aliphatic carbocycles. The van der Waals surface area contributed by atoms with Crippen LogP contribution < -0.4 is 5.32 Å². The normalized spacial score (nSPS) is 29.8. The van der Waals surface area contributed by atoms with E-state index in [-0.39, 0.29) is 0 Å². The van der Waals surface area contributed by atoms with Crippen molar-refractivity contribution < 1.29 is 9.47 Å². The molecule has 2 fully saturated rings. The van der Waals surface area contributed by atoms with Crippen LogP contribution in [0.4, 0.5) is 0 Å².